The van der Waals surface area contributed by atoms with Crippen LogP contribution in [0.3, 0.4) is 0 Å². The number of ether oxygens (including phenoxy) is 2. The second-order valence-corrected chi connectivity index (χ2v) is 7.32. The zero-order valence-corrected chi connectivity index (χ0v) is 14.2. The minimum absolute atomic E-state index is 0.000590. The Hall–Kier alpha value is -0.950. The highest BCUT2D eigenvalue weighted by atomic mass is 19.3. The van der Waals surface area contributed by atoms with E-state index in [9.17, 15) is 13.6 Å². The lowest BCUT2D eigenvalue weighted by Crippen LogP contribution is -2.56. The molecule has 3 atom stereocenters. The number of carbonyl (C=O) groups is 1. The van der Waals surface area contributed by atoms with Gasteiger partial charge in [-0.3, -0.25) is 0 Å². The maximum Gasteiger partial charge on any atom is 0.410 e. The van der Waals surface area contributed by atoms with E-state index >= 15 is 0 Å². The summed E-state index contributed by atoms with van der Waals surface area (Å²) in [7, 11) is 0. The second-order valence-electron chi connectivity index (χ2n) is 7.32. The molecule has 0 aromatic carbocycles. The Balaban J connectivity index is 2.03. The number of hydrogen-bond donors (Lipinski definition) is 1. The van der Waals surface area contributed by atoms with Gasteiger partial charge in [0.05, 0.1) is 25.8 Å². The number of hydrogen-bond acceptors (Lipinski definition) is 4. The van der Waals surface area contributed by atoms with Crippen molar-refractivity contribution in [1.82, 2.24) is 10.2 Å². The van der Waals surface area contributed by atoms with Crippen LogP contribution in [0.2, 0.25) is 0 Å². The molecule has 1 amide bonds. The molecule has 1 saturated carbocycles. The van der Waals surface area contributed by atoms with Gasteiger partial charge in [0.1, 0.15) is 5.60 Å². The first-order valence-corrected chi connectivity index (χ1v) is 8.37. The molecule has 2 rings (SSSR count). The monoisotopic (exact) mass is 334 g/mol. The van der Waals surface area contributed by atoms with Crippen molar-refractivity contribution in [3.05, 3.63) is 0 Å². The number of nitrogens with zero attached hydrogens (tertiary/aromatic N) is 1. The van der Waals surface area contributed by atoms with Gasteiger partial charge in [-0.25, -0.2) is 13.6 Å². The molecule has 23 heavy (non-hydrogen) atoms. The van der Waals surface area contributed by atoms with E-state index in [-0.39, 0.29) is 30.6 Å². The van der Waals surface area contributed by atoms with Crippen LogP contribution in [0.15, 0.2) is 0 Å². The van der Waals surface area contributed by atoms with E-state index in [0.29, 0.717) is 19.8 Å². The number of rotatable bonds is 4. The van der Waals surface area contributed by atoms with E-state index in [0.717, 1.165) is 19.3 Å². The van der Waals surface area contributed by atoms with Crippen LogP contribution in [0.5, 0.6) is 0 Å². The van der Waals surface area contributed by atoms with Gasteiger partial charge in [0, 0.05) is 12.6 Å². The largest absolute Gasteiger partial charge is 0.444 e. The molecule has 5 nitrogen and oxygen atoms in total. The predicted octanol–water partition coefficient (Wildman–Crippen LogP) is 2.65. The Bertz CT molecular complexity index is 401. The lowest BCUT2D eigenvalue weighted by Gasteiger charge is -2.41. The van der Waals surface area contributed by atoms with E-state index in [1.54, 1.807) is 4.90 Å². The summed E-state index contributed by atoms with van der Waals surface area (Å²) in [6.07, 6.45) is 0.0419. The quantitative estimate of drug-likeness (QED) is 0.859. The molecular weight excluding hydrogens is 306 g/mol. The van der Waals surface area contributed by atoms with Crippen LogP contribution in [-0.2, 0) is 9.47 Å². The van der Waals surface area contributed by atoms with Crippen LogP contribution in [0, 0.1) is 5.92 Å². The van der Waals surface area contributed by atoms with Crippen molar-refractivity contribution in [2.45, 2.75) is 64.1 Å². The number of amides is 1. The molecule has 2 fully saturated rings. The highest BCUT2D eigenvalue weighted by molar-refractivity contribution is 5.68. The first-order chi connectivity index (χ1) is 10.8. The molecule has 7 heteroatoms. The maximum atomic E-state index is 12.5. The van der Waals surface area contributed by atoms with Crippen LogP contribution < -0.4 is 5.32 Å². The first kappa shape index (κ1) is 18.4. The van der Waals surface area contributed by atoms with Gasteiger partial charge >= 0.3 is 6.09 Å². The molecule has 1 aliphatic heterocycles. The van der Waals surface area contributed by atoms with Crippen molar-refractivity contribution >= 4 is 6.09 Å². The molecule has 0 aromatic heterocycles. The molecule has 0 radical (unpaired) electrons. The Morgan fingerprint density at radius 1 is 1.39 bits per heavy atom. The molecule has 0 spiro atoms. The summed E-state index contributed by atoms with van der Waals surface area (Å²) in [5.41, 5.74) is -0.553. The molecule has 1 N–H and O–H groups in total. The summed E-state index contributed by atoms with van der Waals surface area (Å²) in [5, 5.41) is 2.95. The maximum absolute atomic E-state index is 12.5. The van der Waals surface area contributed by atoms with E-state index in [2.05, 4.69) is 5.32 Å². The standard InChI is InChI=1S/C16H28F2N2O3/c1-16(2,3)23-15(21)20-7-8-22-10-13(20)11-5-4-6-12(11)19-9-14(17)18/h11-14,19H,4-10H2,1-3H3. The van der Waals surface area contributed by atoms with Crippen molar-refractivity contribution in [3.63, 3.8) is 0 Å². The molecule has 1 aliphatic carbocycles. The smallest absolute Gasteiger partial charge is 0.410 e. The lowest BCUT2D eigenvalue weighted by atomic mass is 9.92. The predicted molar refractivity (Wildman–Crippen MR) is 82.7 cm³/mol. The summed E-state index contributed by atoms with van der Waals surface area (Å²) in [6.45, 7) is 6.61. The summed E-state index contributed by atoms with van der Waals surface area (Å²) in [4.78, 5) is 14.2. The van der Waals surface area contributed by atoms with Crippen LogP contribution in [0.25, 0.3) is 0 Å². The van der Waals surface area contributed by atoms with Crippen molar-refractivity contribution < 1.29 is 23.0 Å². The van der Waals surface area contributed by atoms with Crippen molar-refractivity contribution in [1.29, 1.82) is 0 Å². The Kier molecular flexibility index (Phi) is 6.19. The fourth-order valence-corrected chi connectivity index (χ4v) is 3.47. The minimum Gasteiger partial charge on any atom is -0.444 e. The Morgan fingerprint density at radius 2 is 2.13 bits per heavy atom. The SMILES string of the molecule is CC(C)(C)OC(=O)N1CCOCC1C1CCCC1NCC(F)F. The average molecular weight is 334 g/mol. The van der Waals surface area contributed by atoms with Gasteiger partial charge in [-0.15, -0.1) is 0 Å². The Labute approximate surface area is 136 Å². The first-order valence-electron chi connectivity index (χ1n) is 8.37. The van der Waals surface area contributed by atoms with Crippen LogP contribution >= 0.6 is 0 Å². The topological polar surface area (TPSA) is 50.8 Å². The molecule has 0 aromatic rings. The molecule has 1 heterocycles. The number of alkyl halides is 2. The van der Waals surface area contributed by atoms with Crippen LogP contribution in [0.4, 0.5) is 13.6 Å². The van der Waals surface area contributed by atoms with Gasteiger partial charge in [0.15, 0.2) is 0 Å². The van der Waals surface area contributed by atoms with Gasteiger partial charge in [-0.2, -0.15) is 0 Å². The molecule has 1 saturated heterocycles. The lowest BCUT2D eigenvalue weighted by molar-refractivity contribution is -0.0491. The van der Waals surface area contributed by atoms with Gasteiger partial charge in [0.2, 0.25) is 0 Å². The zero-order chi connectivity index (χ0) is 17.0. The number of halogens is 2. The number of morpholine rings is 1. The van der Waals surface area contributed by atoms with Gasteiger partial charge in [0.25, 0.3) is 6.43 Å². The third kappa shape index (κ3) is 5.28. The molecule has 2 aliphatic rings. The van der Waals surface area contributed by atoms with E-state index in [1.807, 2.05) is 20.8 Å². The van der Waals surface area contributed by atoms with Gasteiger partial charge in [-0.05, 0) is 39.5 Å². The van der Waals surface area contributed by atoms with Crippen LogP contribution in [0.1, 0.15) is 40.0 Å². The number of nitrogens with one attached hydrogen (secondary N) is 1. The highest BCUT2D eigenvalue weighted by Gasteiger charge is 2.41. The summed E-state index contributed by atoms with van der Waals surface area (Å²) < 4.78 is 36.0. The van der Waals surface area contributed by atoms with Crippen molar-refractivity contribution in [3.8, 4) is 0 Å². The fraction of sp³-hybridized carbons (Fsp3) is 0.938. The number of carbonyl (C=O) groups excluding carboxylic acids is 1. The normalized spacial score (nSPS) is 29.1. The van der Waals surface area contributed by atoms with E-state index < -0.39 is 12.0 Å². The van der Waals surface area contributed by atoms with Gasteiger partial charge < -0.3 is 19.7 Å². The van der Waals surface area contributed by atoms with Crippen molar-refractivity contribution in [2.75, 3.05) is 26.3 Å². The Morgan fingerprint density at radius 3 is 2.78 bits per heavy atom. The summed E-state index contributed by atoms with van der Waals surface area (Å²) in [5.74, 6) is 0.126. The third-order valence-corrected chi connectivity index (χ3v) is 4.39. The summed E-state index contributed by atoms with van der Waals surface area (Å²) >= 11 is 0. The molecular formula is C16H28F2N2O3. The molecule has 0 bridgehead atoms. The summed E-state index contributed by atoms with van der Waals surface area (Å²) in [6, 6.07) is -0.114. The van der Waals surface area contributed by atoms with Gasteiger partial charge in [-0.1, -0.05) is 6.42 Å². The zero-order valence-electron chi connectivity index (χ0n) is 14.2. The van der Waals surface area contributed by atoms with Crippen LogP contribution in [-0.4, -0.2) is 61.4 Å². The minimum atomic E-state index is -2.36. The highest BCUT2D eigenvalue weighted by Crippen LogP contribution is 2.33. The van der Waals surface area contributed by atoms with E-state index in [4.69, 9.17) is 9.47 Å². The average Bonchev–Trinajstić information content (AvgIpc) is 2.91. The van der Waals surface area contributed by atoms with Crippen molar-refractivity contribution in [2.24, 2.45) is 5.92 Å². The third-order valence-electron chi connectivity index (χ3n) is 4.39. The molecule has 134 valence electrons. The fourth-order valence-electron chi connectivity index (χ4n) is 3.47. The molecule has 3 unspecified atom stereocenters. The van der Waals surface area contributed by atoms with E-state index in [1.165, 1.54) is 0 Å². The second kappa shape index (κ2) is 7.75.